The van der Waals surface area contributed by atoms with Gasteiger partial charge in [0.15, 0.2) is 0 Å². The first-order valence-electron chi connectivity index (χ1n) is 7.27. The molecule has 0 amide bonds. The molecule has 0 radical (unpaired) electrons. The van der Waals surface area contributed by atoms with Crippen molar-refractivity contribution in [1.82, 2.24) is 0 Å². The van der Waals surface area contributed by atoms with Crippen LogP contribution in [-0.2, 0) is 6.54 Å². The van der Waals surface area contributed by atoms with Gasteiger partial charge in [-0.3, -0.25) is 0 Å². The van der Waals surface area contributed by atoms with E-state index in [1.807, 2.05) is 11.3 Å². The average Bonchev–Trinajstić information content (AvgIpc) is 2.96. The van der Waals surface area contributed by atoms with E-state index in [-0.39, 0.29) is 6.04 Å². The maximum absolute atomic E-state index is 6.28. The first kappa shape index (κ1) is 15.1. The molecule has 2 aromatic rings. The molecule has 20 heavy (non-hydrogen) atoms. The highest BCUT2D eigenvalue weighted by Crippen LogP contribution is 2.30. The van der Waals surface area contributed by atoms with Gasteiger partial charge in [0, 0.05) is 22.6 Å². The van der Waals surface area contributed by atoms with Gasteiger partial charge in [-0.1, -0.05) is 31.2 Å². The Labute approximate surface area is 126 Å². The first-order valence-corrected chi connectivity index (χ1v) is 8.15. The zero-order valence-electron chi connectivity index (χ0n) is 12.5. The van der Waals surface area contributed by atoms with Crippen LogP contribution < -0.4 is 10.6 Å². The van der Waals surface area contributed by atoms with Gasteiger partial charge in [-0.25, -0.2) is 0 Å². The lowest BCUT2D eigenvalue weighted by atomic mass is 10.0. The van der Waals surface area contributed by atoms with Crippen molar-refractivity contribution in [1.29, 1.82) is 0 Å². The van der Waals surface area contributed by atoms with Gasteiger partial charge in [-0.2, -0.15) is 0 Å². The zero-order chi connectivity index (χ0) is 14.5. The molecule has 0 bridgehead atoms. The van der Waals surface area contributed by atoms with Crippen molar-refractivity contribution < 1.29 is 0 Å². The molecule has 0 saturated carbocycles. The van der Waals surface area contributed by atoms with E-state index in [4.69, 9.17) is 5.73 Å². The predicted octanol–water partition coefficient (Wildman–Crippen LogP) is 4.57. The quantitative estimate of drug-likeness (QED) is 0.843. The maximum Gasteiger partial charge on any atom is 0.0525 e. The zero-order valence-corrected chi connectivity index (χ0v) is 13.4. The minimum absolute atomic E-state index is 0.107. The third kappa shape index (κ3) is 3.41. The molecule has 1 heterocycles. The molecule has 0 aliphatic heterocycles. The van der Waals surface area contributed by atoms with Crippen LogP contribution in [0.15, 0.2) is 41.8 Å². The second kappa shape index (κ2) is 6.91. The summed E-state index contributed by atoms with van der Waals surface area (Å²) in [7, 11) is 0. The molecule has 0 spiro atoms. The average molecular weight is 288 g/mol. The van der Waals surface area contributed by atoms with Crippen LogP contribution in [-0.4, -0.2) is 6.04 Å². The van der Waals surface area contributed by atoms with Gasteiger partial charge in [0.1, 0.15) is 0 Å². The number of benzene rings is 1. The standard InChI is InChI=1S/C17H24N2S/c1-4-16(18)15-9-5-6-10-17(15)19(13(2)3)12-14-8-7-11-20-14/h5-11,13,16H,4,12,18H2,1-3H3/t16-/m1/s1. The molecule has 3 heteroatoms. The molecule has 1 aromatic heterocycles. The van der Waals surface area contributed by atoms with E-state index < -0.39 is 0 Å². The summed E-state index contributed by atoms with van der Waals surface area (Å²) < 4.78 is 0. The Bertz CT molecular complexity index is 520. The van der Waals surface area contributed by atoms with Crippen LogP contribution in [0.2, 0.25) is 0 Å². The summed E-state index contributed by atoms with van der Waals surface area (Å²) in [4.78, 5) is 3.83. The largest absolute Gasteiger partial charge is 0.364 e. The second-order valence-corrected chi connectivity index (χ2v) is 6.41. The van der Waals surface area contributed by atoms with Crippen LogP contribution >= 0.6 is 11.3 Å². The molecule has 2 nitrogen and oxygen atoms in total. The van der Waals surface area contributed by atoms with Crippen LogP contribution in [0.25, 0.3) is 0 Å². The van der Waals surface area contributed by atoms with Gasteiger partial charge in [0.2, 0.25) is 0 Å². The Hall–Kier alpha value is -1.32. The molecule has 1 atom stereocenters. The van der Waals surface area contributed by atoms with Crippen LogP contribution in [0.4, 0.5) is 5.69 Å². The van der Waals surface area contributed by atoms with E-state index >= 15 is 0 Å². The molecule has 108 valence electrons. The molecule has 0 aliphatic carbocycles. The summed E-state index contributed by atoms with van der Waals surface area (Å²) in [6.07, 6.45) is 0.960. The van der Waals surface area contributed by atoms with Crippen LogP contribution in [0.5, 0.6) is 0 Å². The summed E-state index contributed by atoms with van der Waals surface area (Å²) in [5.74, 6) is 0. The highest BCUT2D eigenvalue weighted by atomic mass is 32.1. The molecular weight excluding hydrogens is 264 g/mol. The normalized spacial score (nSPS) is 12.7. The van der Waals surface area contributed by atoms with Gasteiger partial charge in [-0.05, 0) is 43.3 Å². The van der Waals surface area contributed by atoms with E-state index in [0.717, 1.165) is 13.0 Å². The van der Waals surface area contributed by atoms with E-state index in [0.29, 0.717) is 6.04 Å². The van der Waals surface area contributed by atoms with E-state index in [9.17, 15) is 0 Å². The molecule has 2 N–H and O–H groups in total. The number of nitrogens with two attached hydrogens (primary N) is 1. The highest BCUT2D eigenvalue weighted by Gasteiger charge is 2.17. The fourth-order valence-electron chi connectivity index (χ4n) is 2.40. The van der Waals surface area contributed by atoms with Crippen molar-refractivity contribution in [3.8, 4) is 0 Å². The Balaban J connectivity index is 2.34. The van der Waals surface area contributed by atoms with Crippen molar-refractivity contribution in [3.63, 3.8) is 0 Å². The monoisotopic (exact) mass is 288 g/mol. The smallest absolute Gasteiger partial charge is 0.0525 e. The molecular formula is C17H24N2S. The number of nitrogens with zero attached hydrogens (tertiary/aromatic N) is 1. The number of hydrogen-bond donors (Lipinski definition) is 1. The van der Waals surface area contributed by atoms with Crippen molar-refractivity contribution in [2.75, 3.05) is 4.90 Å². The predicted molar refractivity (Wildman–Crippen MR) is 89.3 cm³/mol. The minimum Gasteiger partial charge on any atom is -0.364 e. The number of para-hydroxylation sites is 1. The third-order valence-corrected chi connectivity index (χ3v) is 4.48. The summed E-state index contributed by atoms with van der Waals surface area (Å²) in [6, 6.07) is 13.4. The summed E-state index contributed by atoms with van der Waals surface area (Å²) >= 11 is 1.81. The minimum atomic E-state index is 0.107. The molecule has 1 aromatic carbocycles. The lowest BCUT2D eigenvalue weighted by molar-refractivity contribution is 0.657. The SMILES string of the molecule is CC[C@@H](N)c1ccccc1N(Cc1cccs1)C(C)C. The second-order valence-electron chi connectivity index (χ2n) is 5.37. The molecule has 2 rings (SSSR count). The van der Waals surface area contributed by atoms with Gasteiger partial charge in [0.05, 0.1) is 6.54 Å². The number of anilines is 1. The number of thiophene rings is 1. The highest BCUT2D eigenvalue weighted by molar-refractivity contribution is 7.09. The van der Waals surface area contributed by atoms with Gasteiger partial charge < -0.3 is 10.6 Å². The fraction of sp³-hybridized carbons (Fsp3) is 0.412. The van der Waals surface area contributed by atoms with E-state index in [1.165, 1.54) is 16.1 Å². The fourth-order valence-corrected chi connectivity index (χ4v) is 3.10. The van der Waals surface area contributed by atoms with Crippen molar-refractivity contribution >= 4 is 17.0 Å². The molecule has 0 unspecified atom stereocenters. The Kier molecular flexibility index (Phi) is 5.21. The number of rotatable bonds is 6. The van der Waals surface area contributed by atoms with Crippen LogP contribution in [0.1, 0.15) is 43.7 Å². The lowest BCUT2D eigenvalue weighted by Crippen LogP contribution is -2.31. The van der Waals surface area contributed by atoms with E-state index in [1.54, 1.807) is 0 Å². The summed E-state index contributed by atoms with van der Waals surface area (Å²) in [6.45, 7) is 7.56. The van der Waals surface area contributed by atoms with Crippen molar-refractivity contribution in [2.45, 2.75) is 45.8 Å². The van der Waals surface area contributed by atoms with Crippen molar-refractivity contribution in [3.05, 3.63) is 52.2 Å². The Morgan fingerprint density at radius 1 is 1.15 bits per heavy atom. The van der Waals surface area contributed by atoms with E-state index in [2.05, 4.69) is 67.4 Å². The summed E-state index contributed by atoms with van der Waals surface area (Å²) in [5, 5.41) is 2.14. The van der Waals surface area contributed by atoms with Gasteiger partial charge in [0.25, 0.3) is 0 Å². The molecule has 0 saturated heterocycles. The maximum atomic E-state index is 6.28. The third-order valence-electron chi connectivity index (χ3n) is 3.62. The lowest BCUT2D eigenvalue weighted by Gasteiger charge is -2.31. The van der Waals surface area contributed by atoms with Gasteiger partial charge >= 0.3 is 0 Å². The van der Waals surface area contributed by atoms with Crippen LogP contribution in [0, 0.1) is 0 Å². The Morgan fingerprint density at radius 2 is 1.90 bits per heavy atom. The summed E-state index contributed by atoms with van der Waals surface area (Å²) in [5.41, 5.74) is 8.80. The van der Waals surface area contributed by atoms with Crippen LogP contribution in [0.3, 0.4) is 0 Å². The molecule has 0 aliphatic rings. The van der Waals surface area contributed by atoms with Gasteiger partial charge in [-0.15, -0.1) is 11.3 Å². The van der Waals surface area contributed by atoms with Crippen molar-refractivity contribution in [2.24, 2.45) is 5.73 Å². The molecule has 0 fully saturated rings. The first-order chi connectivity index (χ1) is 9.63. The topological polar surface area (TPSA) is 29.3 Å². The Morgan fingerprint density at radius 3 is 2.50 bits per heavy atom. The number of hydrogen-bond acceptors (Lipinski definition) is 3.